The van der Waals surface area contributed by atoms with Crippen molar-refractivity contribution in [3.8, 4) is 0 Å². The van der Waals surface area contributed by atoms with Gasteiger partial charge in [-0.05, 0) is 25.7 Å². The largest absolute Gasteiger partial charge is 0.171 e. The van der Waals surface area contributed by atoms with Crippen LogP contribution in [0.15, 0.2) is 25.3 Å². The highest BCUT2D eigenvalue weighted by Gasteiger charge is 2.20. The van der Waals surface area contributed by atoms with Gasteiger partial charge in [-0.3, -0.25) is 0 Å². The van der Waals surface area contributed by atoms with Gasteiger partial charge >= 0.3 is 0 Å². The van der Waals surface area contributed by atoms with Crippen LogP contribution in [0.1, 0.15) is 39.0 Å². The van der Waals surface area contributed by atoms with Crippen LogP contribution >= 0.6 is 12.6 Å². The summed E-state index contributed by atoms with van der Waals surface area (Å²) in [5, 5.41) is 0.454. The predicted octanol–water partition coefficient (Wildman–Crippen LogP) is 4.24. The monoisotopic (exact) mass is 198 g/mol. The molecule has 1 rings (SSSR count). The number of rotatable bonds is 2. The summed E-state index contributed by atoms with van der Waals surface area (Å²) in [4.78, 5) is 0. The molecule has 0 N–H and O–H groups in total. The fourth-order valence-corrected chi connectivity index (χ4v) is 2.15. The molecule has 1 aliphatic carbocycles. The Balaban J connectivity index is 0.000000671. The molecule has 0 radical (unpaired) electrons. The molecule has 0 aromatic carbocycles. The maximum Gasteiger partial charge on any atom is 0.0249 e. The summed E-state index contributed by atoms with van der Waals surface area (Å²) in [5.74, 6) is 0.810. The Kier molecular flexibility index (Phi) is 7.16. The summed E-state index contributed by atoms with van der Waals surface area (Å²) in [6.45, 7) is 12.0. The molecule has 1 heteroatoms. The number of hydrogen-bond donors (Lipinski definition) is 1. The number of hydrogen-bond acceptors (Lipinski definition) is 1. The Morgan fingerprint density at radius 2 is 1.69 bits per heavy atom. The van der Waals surface area contributed by atoms with Gasteiger partial charge in [0.05, 0.1) is 0 Å². The van der Waals surface area contributed by atoms with E-state index >= 15 is 0 Å². The topological polar surface area (TPSA) is 0 Å². The van der Waals surface area contributed by atoms with E-state index in [-0.39, 0.29) is 0 Å². The second-order valence-corrected chi connectivity index (χ2v) is 4.25. The van der Waals surface area contributed by atoms with Gasteiger partial charge in [0.15, 0.2) is 0 Å². The molecule has 0 spiro atoms. The van der Waals surface area contributed by atoms with Crippen molar-refractivity contribution in [2.45, 2.75) is 44.3 Å². The number of thiol groups is 1. The molecule has 0 aromatic rings. The van der Waals surface area contributed by atoms with Crippen LogP contribution in [0.3, 0.4) is 0 Å². The normalized spacial score (nSPS) is 19.8. The van der Waals surface area contributed by atoms with E-state index in [2.05, 4.69) is 39.3 Å². The van der Waals surface area contributed by atoms with Gasteiger partial charge in [0, 0.05) is 5.25 Å². The molecule has 1 atom stereocenters. The van der Waals surface area contributed by atoms with E-state index in [0.29, 0.717) is 5.25 Å². The summed E-state index contributed by atoms with van der Waals surface area (Å²) in [5.41, 5.74) is 1.24. The lowest BCUT2D eigenvalue weighted by molar-refractivity contribution is 0.364. The lowest BCUT2D eigenvalue weighted by Crippen LogP contribution is -2.18. The minimum absolute atomic E-state index is 0.454. The highest BCUT2D eigenvalue weighted by Crippen LogP contribution is 2.31. The third-order valence-electron chi connectivity index (χ3n) is 2.60. The molecule has 0 saturated heterocycles. The van der Waals surface area contributed by atoms with Gasteiger partial charge in [0.25, 0.3) is 0 Å². The van der Waals surface area contributed by atoms with E-state index in [1.165, 1.54) is 37.7 Å². The Bertz CT molecular complexity index is 145. The van der Waals surface area contributed by atoms with Gasteiger partial charge in [-0.25, -0.2) is 0 Å². The lowest BCUT2D eigenvalue weighted by Gasteiger charge is -2.27. The molecule has 0 aromatic heterocycles. The fourth-order valence-electron chi connectivity index (χ4n) is 1.85. The zero-order chi connectivity index (χ0) is 10.3. The van der Waals surface area contributed by atoms with E-state index in [1.54, 1.807) is 0 Å². The molecule has 1 fully saturated rings. The summed E-state index contributed by atoms with van der Waals surface area (Å²) in [7, 11) is 0. The third kappa shape index (κ3) is 4.56. The first-order chi connectivity index (χ1) is 6.22. The molecule has 0 heterocycles. The zero-order valence-corrected chi connectivity index (χ0v) is 9.65. The maximum atomic E-state index is 4.57. The summed E-state index contributed by atoms with van der Waals surface area (Å²) in [6, 6.07) is 0. The van der Waals surface area contributed by atoms with Gasteiger partial charge in [0.2, 0.25) is 0 Å². The first-order valence-electron chi connectivity index (χ1n) is 5.05. The minimum Gasteiger partial charge on any atom is -0.171 e. The average Bonchev–Trinajstić information content (AvgIpc) is 2.21. The quantitative estimate of drug-likeness (QED) is 0.498. The third-order valence-corrected chi connectivity index (χ3v) is 3.46. The zero-order valence-electron chi connectivity index (χ0n) is 8.76. The second-order valence-electron chi connectivity index (χ2n) is 3.69. The summed E-state index contributed by atoms with van der Waals surface area (Å²) >= 11 is 4.57. The first-order valence-corrected chi connectivity index (χ1v) is 5.57. The van der Waals surface area contributed by atoms with Gasteiger partial charge in [0.1, 0.15) is 0 Å². The maximum absolute atomic E-state index is 4.57. The molecule has 13 heavy (non-hydrogen) atoms. The molecule has 0 aliphatic heterocycles. The molecule has 1 unspecified atom stereocenters. The predicted molar refractivity (Wildman–Crippen MR) is 65.4 cm³/mol. The average molecular weight is 198 g/mol. The first kappa shape index (κ1) is 12.8. The van der Waals surface area contributed by atoms with Crippen molar-refractivity contribution < 1.29 is 0 Å². The van der Waals surface area contributed by atoms with Crippen LogP contribution in [-0.4, -0.2) is 5.25 Å². The van der Waals surface area contributed by atoms with E-state index in [9.17, 15) is 0 Å². The van der Waals surface area contributed by atoms with Crippen LogP contribution in [0.5, 0.6) is 0 Å². The van der Waals surface area contributed by atoms with E-state index in [1.807, 2.05) is 0 Å². The van der Waals surface area contributed by atoms with Crippen LogP contribution in [0.25, 0.3) is 0 Å². The van der Waals surface area contributed by atoms with Crippen molar-refractivity contribution in [2.24, 2.45) is 5.92 Å². The van der Waals surface area contributed by atoms with Crippen LogP contribution in [0.2, 0.25) is 0 Å². The lowest BCUT2D eigenvalue weighted by atomic mass is 9.85. The standard InChI is InChI=1S/C10H18S.C2H4/c1-8(2)10(11)9-6-4-3-5-7-9;1-2/h9-11H,1,3-7H2,2H3;1-2H2. The highest BCUT2D eigenvalue weighted by atomic mass is 32.1. The SMILES string of the molecule is C=C.C=C(C)C(S)C1CCCCC1. The van der Waals surface area contributed by atoms with E-state index < -0.39 is 0 Å². The van der Waals surface area contributed by atoms with Crippen molar-refractivity contribution >= 4 is 12.6 Å². The van der Waals surface area contributed by atoms with Crippen LogP contribution in [0, 0.1) is 5.92 Å². The molecule has 0 nitrogen and oxygen atoms in total. The van der Waals surface area contributed by atoms with Crippen molar-refractivity contribution in [3.63, 3.8) is 0 Å². The highest BCUT2D eigenvalue weighted by molar-refractivity contribution is 7.81. The van der Waals surface area contributed by atoms with Crippen LogP contribution < -0.4 is 0 Å². The van der Waals surface area contributed by atoms with E-state index in [4.69, 9.17) is 0 Å². The van der Waals surface area contributed by atoms with Gasteiger partial charge < -0.3 is 0 Å². The molecule has 1 saturated carbocycles. The summed E-state index contributed by atoms with van der Waals surface area (Å²) < 4.78 is 0. The Labute approximate surface area is 88.5 Å². The molecule has 76 valence electrons. The fraction of sp³-hybridized carbons (Fsp3) is 0.667. The Morgan fingerprint density at radius 1 is 1.23 bits per heavy atom. The van der Waals surface area contributed by atoms with Gasteiger partial charge in [-0.2, -0.15) is 12.6 Å². The van der Waals surface area contributed by atoms with E-state index in [0.717, 1.165) is 5.92 Å². The Hall–Kier alpha value is -0.170. The molecule has 0 amide bonds. The van der Waals surface area contributed by atoms with Crippen molar-refractivity contribution in [3.05, 3.63) is 25.3 Å². The smallest absolute Gasteiger partial charge is 0.0249 e. The summed E-state index contributed by atoms with van der Waals surface area (Å²) in [6.07, 6.45) is 6.94. The molecular formula is C12H22S. The van der Waals surface area contributed by atoms with Crippen LogP contribution in [-0.2, 0) is 0 Å². The molecule has 1 aliphatic rings. The second kappa shape index (κ2) is 7.25. The molecule has 0 bridgehead atoms. The van der Waals surface area contributed by atoms with Crippen LogP contribution in [0.4, 0.5) is 0 Å². The van der Waals surface area contributed by atoms with Gasteiger partial charge in [-0.1, -0.05) is 31.4 Å². The van der Waals surface area contributed by atoms with Gasteiger partial charge in [-0.15, -0.1) is 13.2 Å². The van der Waals surface area contributed by atoms with Crippen molar-refractivity contribution in [2.75, 3.05) is 0 Å². The molecular weight excluding hydrogens is 176 g/mol. The van der Waals surface area contributed by atoms with Crippen molar-refractivity contribution in [1.82, 2.24) is 0 Å². The Morgan fingerprint density at radius 3 is 2.08 bits per heavy atom. The minimum atomic E-state index is 0.454. The van der Waals surface area contributed by atoms with Crippen molar-refractivity contribution in [1.29, 1.82) is 0 Å².